The van der Waals surface area contributed by atoms with Crippen LogP contribution in [0.4, 0.5) is 5.69 Å². The summed E-state index contributed by atoms with van der Waals surface area (Å²) in [7, 11) is 0. The van der Waals surface area contributed by atoms with E-state index in [-0.39, 0.29) is 5.41 Å². The molecule has 5 nitrogen and oxygen atoms in total. The second kappa shape index (κ2) is 6.76. The molecule has 0 amide bonds. The van der Waals surface area contributed by atoms with Gasteiger partial charge in [0.1, 0.15) is 0 Å². The summed E-state index contributed by atoms with van der Waals surface area (Å²) in [5.41, 5.74) is 1.15. The number of nitrogens with one attached hydrogen (secondary N) is 1. The summed E-state index contributed by atoms with van der Waals surface area (Å²) in [6, 6.07) is 2.21. The van der Waals surface area contributed by atoms with Crippen molar-refractivity contribution in [2.24, 2.45) is 5.41 Å². The van der Waals surface area contributed by atoms with Gasteiger partial charge in [0.15, 0.2) is 0 Å². The van der Waals surface area contributed by atoms with Gasteiger partial charge in [0, 0.05) is 25.8 Å². The topological polar surface area (TPSA) is 62.9 Å². The first-order valence-electron chi connectivity index (χ1n) is 7.34. The van der Waals surface area contributed by atoms with Crippen molar-refractivity contribution >= 4 is 5.69 Å². The third-order valence-electron chi connectivity index (χ3n) is 3.73. The molecule has 1 saturated heterocycles. The van der Waals surface area contributed by atoms with Crippen LogP contribution in [-0.2, 0) is 11.3 Å². The van der Waals surface area contributed by atoms with Crippen molar-refractivity contribution < 1.29 is 4.74 Å². The lowest BCUT2D eigenvalue weighted by molar-refractivity contribution is 0.0940. The average molecular weight is 276 g/mol. The second-order valence-electron chi connectivity index (χ2n) is 6.26. The zero-order valence-corrected chi connectivity index (χ0v) is 12.4. The van der Waals surface area contributed by atoms with Crippen molar-refractivity contribution in [3.63, 3.8) is 0 Å². The summed E-state index contributed by atoms with van der Waals surface area (Å²) in [5.74, 6) is 0. The van der Waals surface area contributed by atoms with Gasteiger partial charge in [0.2, 0.25) is 0 Å². The molecular weight excluding hydrogens is 252 g/mol. The molecule has 0 spiro atoms. The Hall–Kier alpha value is -1.54. The van der Waals surface area contributed by atoms with E-state index in [0.717, 1.165) is 44.6 Å². The lowest BCUT2D eigenvalue weighted by atomic mass is 9.88. The minimum absolute atomic E-state index is 0.117. The molecule has 1 unspecified atom stereocenters. The van der Waals surface area contributed by atoms with Crippen LogP contribution in [-0.4, -0.2) is 29.0 Å². The standard InChI is InChI=1S/C15H24N4O/c1-15(2,6-4-7-16)12-17-13-9-18-19(10-13)11-14-5-3-8-20-14/h9-10,14,17H,3-6,8,11-12H2,1-2H3. The molecule has 1 N–H and O–H groups in total. The summed E-state index contributed by atoms with van der Waals surface area (Å²) >= 11 is 0. The van der Waals surface area contributed by atoms with Crippen molar-refractivity contribution in [2.75, 3.05) is 18.5 Å². The van der Waals surface area contributed by atoms with Crippen LogP contribution in [0.1, 0.15) is 39.5 Å². The fourth-order valence-corrected chi connectivity index (χ4v) is 2.38. The maximum absolute atomic E-state index is 8.66. The first-order valence-corrected chi connectivity index (χ1v) is 7.34. The highest BCUT2D eigenvalue weighted by Gasteiger charge is 2.18. The van der Waals surface area contributed by atoms with Gasteiger partial charge in [-0.1, -0.05) is 13.8 Å². The van der Waals surface area contributed by atoms with Gasteiger partial charge in [-0.3, -0.25) is 4.68 Å². The molecule has 2 rings (SSSR count). The molecule has 20 heavy (non-hydrogen) atoms. The summed E-state index contributed by atoms with van der Waals surface area (Å²) < 4.78 is 7.56. The molecule has 1 fully saturated rings. The lowest BCUT2D eigenvalue weighted by Gasteiger charge is -2.23. The van der Waals surface area contributed by atoms with Crippen LogP contribution in [0.5, 0.6) is 0 Å². The van der Waals surface area contributed by atoms with Gasteiger partial charge in [-0.05, 0) is 24.7 Å². The van der Waals surface area contributed by atoms with Crippen molar-refractivity contribution in [1.29, 1.82) is 5.26 Å². The molecule has 0 aliphatic carbocycles. The Morgan fingerprint density at radius 2 is 2.45 bits per heavy atom. The number of anilines is 1. The Bertz CT molecular complexity index is 455. The van der Waals surface area contributed by atoms with Crippen molar-refractivity contribution in [2.45, 2.75) is 52.2 Å². The van der Waals surface area contributed by atoms with Gasteiger partial charge in [-0.25, -0.2) is 0 Å². The summed E-state index contributed by atoms with van der Waals surface area (Å²) in [5, 5.41) is 16.4. The lowest BCUT2D eigenvalue weighted by Crippen LogP contribution is -2.22. The molecule has 1 aromatic heterocycles. The van der Waals surface area contributed by atoms with Gasteiger partial charge >= 0.3 is 0 Å². The fourth-order valence-electron chi connectivity index (χ4n) is 2.38. The SMILES string of the molecule is CC(C)(CCC#N)CNc1cnn(CC2CCCO2)c1. The average Bonchev–Trinajstić information content (AvgIpc) is 3.07. The van der Waals surface area contributed by atoms with E-state index >= 15 is 0 Å². The molecule has 1 atom stereocenters. The van der Waals surface area contributed by atoms with E-state index in [9.17, 15) is 0 Å². The number of nitriles is 1. The highest BCUT2D eigenvalue weighted by Crippen LogP contribution is 2.23. The van der Waals surface area contributed by atoms with E-state index in [0.29, 0.717) is 12.5 Å². The van der Waals surface area contributed by atoms with E-state index in [2.05, 4.69) is 30.3 Å². The van der Waals surface area contributed by atoms with Gasteiger partial charge < -0.3 is 10.1 Å². The summed E-state index contributed by atoms with van der Waals surface area (Å²) in [6.45, 7) is 6.91. The van der Waals surface area contributed by atoms with Crippen LogP contribution in [0, 0.1) is 16.7 Å². The molecule has 1 aliphatic heterocycles. The second-order valence-corrected chi connectivity index (χ2v) is 6.26. The van der Waals surface area contributed by atoms with E-state index < -0.39 is 0 Å². The Balaban J connectivity index is 1.79. The Kier molecular flexibility index (Phi) is 5.02. The number of nitrogens with zero attached hydrogens (tertiary/aromatic N) is 3. The van der Waals surface area contributed by atoms with Crippen molar-refractivity contribution in [3.8, 4) is 6.07 Å². The van der Waals surface area contributed by atoms with Crippen LogP contribution in [0.3, 0.4) is 0 Å². The quantitative estimate of drug-likeness (QED) is 0.831. The Morgan fingerprint density at radius 1 is 1.60 bits per heavy atom. The van der Waals surface area contributed by atoms with Crippen molar-refractivity contribution in [3.05, 3.63) is 12.4 Å². The largest absolute Gasteiger partial charge is 0.382 e. The third-order valence-corrected chi connectivity index (χ3v) is 3.73. The van der Waals surface area contributed by atoms with E-state index in [1.807, 2.05) is 17.1 Å². The number of rotatable bonds is 7. The molecular formula is C15H24N4O. The number of hydrogen-bond donors (Lipinski definition) is 1. The molecule has 0 saturated carbocycles. The van der Waals surface area contributed by atoms with Crippen LogP contribution >= 0.6 is 0 Å². The Labute approximate surface area is 120 Å². The minimum Gasteiger partial charge on any atom is -0.382 e. The summed E-state index contributed by atoms with van der Waals surface area (Å²) in [4.78, 5) is 0. The first-order chi connectivity index (χ1) is 9.59. The molecule has 0 radical (unpaired) electrons. The van der Waals surface area contributed by atoms with E-state index in [1.54, 1.807) is 0 Å². The van der Waals surface area contributed by atoms with E-state index in [4.69, 9.17) is 10.00 Å². The maximum Gasteiger partial charge on any atom is 0.0771 e. The molecule has 5 heteroatoms. The number of aromatic nitrogens is 2. The van der Waals surface area contributed by atoms with Crippen LogP contribution in [0.25, 0.3) is 0 Å². The minimum atomic E-state index is 0.117. The normalized spacial score (nSPS) is 18.9. The third kappa shape index (κ3) is 4.53. The van der Waals surface area contributed by atoms with Gasteiger partial charge in [-0.15, -0.1) is 0 Å². The van der Waals surface area contributed by atoms with Gasteiger partial charge in [-0.2, -0.15) is 10.4 Å². The number of hydrogen-bond acceptors (Lipinski definition) is 4. The first kappa shape index (κ1) is 14.9. The van der Waals surface area contributed by atoms with Crippen LogP contribution in [0.2, 0.25) is 0 Å². The van der Waals surface area contributed by atoms with Crippen molar-refractivity contribution in [1.82, 2.24) is 9.78 Å². The predicted molar refractivity (Wildman–Crippen MR) is 78.3 cm³/mol. The summed E-state index contributed by atoms with van der Waals surface area (Å²) in [6.07, 6.45) is 7.99. The smallest absolute Gasteiger partial charge is 0.0771 e. The maximum atomic E-state index is 8.66. The molecule has 0 aromatic carbocycles. The molecule has 2 heterocycles. The monoisotopic (exact) mass is 276 g/mol. The molecule has 1 aromatic rings. The highest BCUT2D eigenvalue weighted by molar-refractivity contribution is 5.38. The zero-order chi connectivity index (χ0) is 14.4. The predicted octanol–water partition coefficient (Wildman–Crippen LogP) is 2.80. The molecule has 1 aliphatic rings. The fraction of sp³-hybridized carbons (Fsp3) is 0.733. The molecule has 0 bridgehead atoms. The number of ether oxygens (including phenoxy) is 1. The van der Waals surface area contributed by atoms with Gasteiger partial charge in [0.25, 0.3) is 0 Å². The Morgan fingerprint density at radius 3 is 3.15 bits per heavy atom. The van der Waals surface area contributed by atoms with E-state index in [1.165, 1.54) is 0 Å². The molecule has 110 valence electrons. The van der Waals surface area contributed by atoms with Gasteiger partial charge in [0.05, 0.1) is 30.6 Å². The van der Waals surface area contributed by atoms with Crippen LogP contribution in [0.15, 0.2) is 12.4 Å². The van der Waals surface area contributed by atoms with Crippen LogP contribution < -0.4 is 5.32 Å². The zero-order valence-electron chi connectivity index (χ0n) is 12.4. The highest BCUT2D eigenvalue weighted by atomic mass is 16.5.